The summed E-state index contributed by atoms with van der Waals surface area (Å²) in [5.41, 5.74) is 9.84. The van der Waals surface area contributed by atoms with Crippen LogP contribution in [0.25, 0.3) is 0 Å². The van der Waals surface area contributed by atoms with Gasteiger partial charge in [-0.2, -0.15) is 0 Å². The molecule has 1 aliphatic rings. The fraction of sp³-hybridized carbons (Fsp3) is 0.400. The molecule has 0 bridgehead atoms. The molecule has 0 spiro atoms. The molecule has 2 aromatic rings. The van der Waals surface area contributed by atoms with E-state index in [4.69, 9.17) is 0 Å². The topological polar surface area (TPSA) is 30.5 Å². The molecule has 0 atom stereocenters. The summed E-state index contributed by atoms with van der Waals surface area (Å²) in [4.78, 5) is 0. The van der Waals surface area contributed by atoms with E-state index < -0.39 is 0 Å². The average Bonchev–Trinajstić information content (AvgIpc) is 2.65. The number of hydrogen-bond acceptors (Lipinski definition) is 4. The van der Waals surface area contributed by atoms with Crippen LogP contribution >= 0.6 is 0 Å². The zero-order chi connectivity index (χ0) is 16.5. The van der Waals surface area contributed by atoms with Crippen LogP contribution in [-0.4, -0.2) is 36.4 Å². The zero-order valence-electron chi connectivity index (χ0n) is 14.3. The first-order valence-electron chi connectivity index (χ1n) is 8.95. The molecule has 0 aliphatic carbocycles. The van der Waals surface area contributed by atoms with Gasteiger partial charge >= 0.3 is 0 Å². The summed E-state index contributed by atoms with van der Waals surface area (Å²) in [7, 11) is 0. The predicted molar refractivity (Wildman–Crippen MR) is 98.9 cm³/mol. The Kier molecular flexibility index (Phi) is 6.81. The molecule has 2 aromatic carbocycles. The minimum absolute atomic E-state index is 0.875. The van der Waals surface area contributed by atoms with Crippen molar-refractivity contribution in [2.45, 2.75) is 25.7 Å². The van der Waals surface area contributed by atoms with E-state index in [2.05, 4.69) is 81.5 Å². The van der Waals surface area contributed by atoms with Gasteiger partial charge < -0.3 is 0 Å². The second kappa shape index (κ2) is 9.55. The van der Waals surface area contributed by atoms with Crippen LogP contribution in [0.4, 0.5) is 0 Å². The Morgan fingerprint density at radius 2 is 1.04 bits per heavy atom. The molecule has 1 aliphatic heterocycles. The van der Waals surface area contributed by atoms with E-state index in [1.165, 1.54) is 24.0 Å². The predicted octanol–water partition coefficient (Wildman–Crippen LogP) is 2.79. The maximum atomic E-state index is 3.50. The van der Waals surface area contributed by atoms with Crippen molar-refractivity contribution in [3.8, 4) is 0 Å². The third kappa shape index (κ3) is 5.73. The smallest absolute Gasteiger partial charge is 0.0754 e. The van der Waals surface area contributed by atoms with Crippen molar-refractivity contribution in [3.63, 3.8) is 0 Å². The highest BCUT2D eigenvalue weighted by Gasteiger charge is 2.14. The van der Waals surface area contributed by atoms with Crippen LogP contribution in [0.3, 0.4) is 0 Å². The van der Waals surface area contributed by atoms with Gasteiger partial charge in [-0.3, -0.25) is 0 Å². The highest BCUT2D eigenvalue weighted by Crippen LogP contribution is 2.05. The van der Waals surface area contributed by atoms with E-state index in [9.17, 15) is 0 Å². The van der Waals surface area contributed by atoms with Gasteiger partial charge in [0, 0.05) is 13.1 Å². The van der Waals surface area contributed by atoms with Gasteiger partial charge in [-0.15, -0.1) is 0 Å². The molecule has 24 heavy (non-hydrogen) atoms. The van der Waals surface area contributed by atoms with E-state index >= 15 is 0 Å². The Morgan fingerprint density at radius 3 is 1.42 bits per heavy atom. The summed E-state index contributed by atoms with van der Waals surface area (Å²) in [5.74, 6) is 0. The van der Waals surface area contributed by atoms with Crippen molar-refractivity contribution < 1.29 is 0 Å². The minimum atomic E-state index is 0.875. The monoisotopic (exact) mass is 324 g/mol. The number of rotatable bonds is 8. The van der Waals surface area contributed by atoms with Crippen molar-refractivity contribution in [2.75, 3.05) is 26.4 Å². The number of hydrazine groups is 2. The molecule has 0 saturated carbocycles. The Hall–Kier alpha value is -1.72. The van der Waals surface area contributed by atoms with Crippen molar-refractivity contribution in [1.82, 2.24) is 20.9 Å². The van der Waals surface area contributed by atoms with Crippen LogP contribution < -0.4 is 10.9 Å². The third-order valence-corrected chi connectivity index (χ3v) is 4.44. The lowest BCUT2D eigenvalue weighted by atomic mass is 10.1. The molecular weight excluding hydrogens is 296 g/mol. The quantitative estimate of drug-likeness (QED) is 0.782. The number of aryl methyl sites for hydroxylation is 2. The van der Waals surface area contributed by atoms with Gasteiger partial charge in [0.25, 0.3) is 0 Å². The molecule has 128 valence electrons. The summed E-state index contributed by atoms with van der Waals surface area (Å²) in [6.45, 7) is 3.89. The molecule has 4 nitrogen and oxygen atoms in total. The van der Waals surface area contributed by atoms with Gasteiger partial charge in [0.15, 0.2) is 0 Å². The number of nitrogens with zero attached hydrogens (tertiary/aromatic N) is 2. The van der Waals surface area contributed by atoms with Crippen molar-refractivity contribution in [1.29, 1.82) is 0 Å². The Morgan fingerprint density at radius 1 is 0.625 bits per heavy atom. The van der Waals surface area contributed by atoms with E-state index in [1.807, 2.05) is 0 Å². The lowest BCUT2D eigenvalue weighted by molar-refractivity contribution is 0.00432. The summed E-state index contributed by atoms with van der Waals surface area (Å²) in [6.07, 6.45) is 4.62. The number of nitrogens with one attached hydrogen (secondary N) is 2. The second-order valence-electron chi connectivity index (χ2n) is 6.34. The first kappa shape index (κ1) is 17.1. The summed E-state index contributed by atoms with van der Waals surface area (Å²) in [5, 5.41) is 4.55. The summed E-state index contributed by atoms with van der Waals surface area (Å²) >= 11 is 0. The highest BCUT2D eigenvalue weighted by atomic mass is 15.7. The number of hydrogen-bond donors (Lipinski definition) is 2. The Bertz CT molecular complexity index is 511. The zero-order valence-corrected chi connectivity index (χ0v) is 14.3. The average molecular weight is 324 g/mol. The van der Waals surface area contributed by atoms with Crippen LogP contribution in [0.2, 0.25) is 0 Å². The van der Waals surface area contributed by atoms with Crippen molar-refractivity contribution in [3.05, 3.63) is 71.8 Å². The fourth-order valence-corrected chi connectivity index (χ4v) is 3.04. The summed E-state index contributed by atoms with van der Waals surface area (Å²) < 4.78 is 0. The summed E-state index contributed by atoms with van der Waals surface area (Å²) in [6, 6.07) is 21.4. The van der Waals surface area contributed by atoms with Crippen molar-refractivity contribution >= 4 is 0 Å². The molecule has 0 amide bonds. The standard InChI is InChI=1S/C20H28N4/c1-3-9-19(10-4-1)13-7-15-23-17-22-24(18-21-23)16-8-14-20-11-5-2-6-12-20/h1-6,9-12,21-22H,7-8,13-18H2. The van der Waals surface area contributed by atoms with E-state index in [0.717, 1.165) is 39.3 Å². The molecular formula is C20H28N4. The molecule has 2 N–H and O–H groups in total. The van der Waals surface area contributed by atoms with Crippen LogP contribution in [0.5, 0.6) is 0 Å². The number of benzene rings is 2. The van der Waals surface area contributed by atoms with Gasteiger partial charge in [-0.25, -0.2) is 20.9 Å². The van der Waals surface area contributed by atoms with E-state index in [-0.39, 0.29) is 0 Å². The Balaban J connectivity index is 1.27. The van der Waals surface area contributed by atoms with Crippen LogP contribution in [0.1, 0.15) is 24.0 Å². The molecule has 0 unspecified atom stereocenters. The van der Waals surface area contributed by atoms with Crippen LogP contribution in [0.15, 0.2) is 60.7 Å². The molecule has 0 aromatic heterocycles. The molecule has 1 fully saturated rings. The van der Waals surface area contributed by atoms with Crippen LogP contribution in [-0.2, 0) is 12.8 Å². The maximum Gasteiger partial charge on any atom is 0.0754 e. The van der Waals surface area contributed by atoms with Crippen molar-refractivity contribution in [2.24, 2.45) is 0 Å². The maximum absolute atomic E-state index is 3.50. The highest BCUT2D eigenvalue weighted by molar-refractivity contribution is 5.15. The minimum Gasteiger partial charge on any atom is -0.238 e. The Labute approximate surface area is 145 Å². The largest absolute Gasteiger partial charge is 0.238 e. The molecule has 0 radical (unpaired) electrons. The van der Waals surface area contributed by atoms with Gasteiger partial charge in [0.05, 0.1) is 13.3 Å². The molecule has 1 heterocycles. The van der Waals surface area contributed by atoms with Crippen LogP contribution in [0, 0.1) is 0 Å². The first-order chi connectivity index (χ1) is 11.9. The molecule has 1 saturated heterocycles. The normalized spacial score (nSPS) is 16.3. The second-order valence-corrected chi connectivity index (χ2v) is 6.34. The van der Waals surface area contributed by atoms with Gasteiger partial charge in [-0.05, 0) is 36.8 Å². The SMILES string of the molecule is c1ccc(CCCN2CNN(CCCc3ccccc3)CN2)cc1. The van der Waals surface area contributed by atoms with Gasteiger partial charge in [-0.1, -0.05) is 60.7 Å². The lowest BCUT2D eigenvalue weighted by Gasteiger charge is -2.36. The van der Waals surface area contributed by atoms with E-state index in [0.29, 0.717) is 0 Å². The fourth-order valence-electron chi connectivity index (χ4n) is 3.04. The van der Waals surface area contributed by atoms with Gasteiger partial charge in [0.2, 0.25) is 0 Å². The van der Waals surface area contributed by atoms with E-state index in [1.54, 1.807) is 0 Å². The third-order valence-electron chi connectivity index (χ3n) is 4.44. The molecule has 4 heteroatoms. The lowest BCUT2D eigenvalue weighted by Crippen LogP contribution is -2.60. The van der Waals surface area contributed by atoms with Gasteiger partial charge in [0.1, 0.15) is 0 Å². The first-order valence-corrected chi connectivity index (χ1v) is 8.95. The molecule has 3 rings (SSSR count).